The molecular weight excluding hydrogens is 168 g/mol. The zero-order chi connectivity index (χ0) is 10.3. The van der Waals surface area contributed by atoms with Crippen LogP contribution in [0.15, 0.2) is 0 Å². The molecule has 1 heterocycles. The average Bonchev–Trinajstić information content (AvgIpc) is 2.30. The molecule has 3 nitrogen and oxygen atoms in total. The van der Waals surface area contributed by atoms with E-state index in [1.54, 1.807) is 13.8 Å². The molecule has 1 saturated heterocycles. The summed E-state index contributed by atoms with van der Waals surface area (Å²) in [5.74, 6) is -0.751. The molecule has 3 heteroatoms. The molecule has 2 atom stereocenters. The maximum absolute atomic E-state index is 11.6. The summed E-state index contributed by atoms with van der Waals surface area (Å²) in [7, 11) is 0. The highest BCUT2D eigenvalue weighted by Crippen LogP contribution is 2.36. The first-order chi connectivity index (χ1) is 5.89. The van der Waals surface area contributed by atoms with Crippen molar-refractivity contribution < 1.29 is 14.3 Å². The molecule has 0 amide bonds. The van der Waals surface area contributed by atoms with Crippen LogP contribution >= 0.6 is 0 Å². The van der Waals surface area contributed by atoms with Crippen LogP contribution in [-0.4, -0.2) is 22.8 Å². The standard InChI is InChI=1S/C10H16O3/c1-5-9(3)7(11)8(12)10(4,6-2)13-9/h5-6H2,1-4H3. The molecule has 0 spiro atoms. The Morgan fingerprint density at radius 1 is 1.00 bits per heavy atom. The van der Waals surface area contributed by atoms with Crippen molar-refractivity contribution in [3.63, 3.8) is 0 Å². The Bertz CT molecular complexity index is 233. The Balaban J connectivity index is 3.04. The number of hydrogen-bond acceptors (Lipinski definition) is 3. The monoisotopic (exact) mass is 184 g/mol. The molecule has 0 aromatic heterocycles. The normalized spacial score (nSPS) is 40.0. The van der Waals surface area contributed by atoms with Crippen LogP contribution in [0.25, 0.3) is 0 Å². The largest absolute Gasteiger partial charge is 0.353 e. The van der Waals surface area contributed by atoms with Crippen LogP contribution < -0.4 is 0 Å². The first kappa shape index (κ1) is 10.4. The summed E-state index contributed by atoms with van der Waals surface area (Å²) in [5.41, 5.74) is -1.77. The minimum Gasteiger partial charge on any atom is -0.353 e. The van der Waals surface area contributed by atoms with Gasteiger partial charge in [0, 0.05) is 0 Å². The molecule has 0 aromatic rings. The summed E-state index contributed by atoms with van der Waals surface area (Å²) in [6.45, 7) is 7.08. The van der Waals surface area contributed by atoms with Crippen molar-refractivity contribution in [1.82, 2.24) is 0 Å². The smallest absolute Gasteiger partial charge is 0.232 e. The van der Waals surface area contributed by atoms with Gasteiger partial charge in [-0.2, -0.15) is 0 Å². The lowest BCUT2D eigenvalue weighted by molar-refractivity contribution is -0.137. The van der Waals surface area contributed by atoms with Crippen LogP contribution in [0.4, 0.5) is 0 Å². The van der Waals surface area contributed by atoms with Gasteiger partial charge in [0.2, 0.25) is 11.6 Å². The third-order valence-electron chi connectivity index (χ3n) is 2.97. The first-order valence-corrected chi connectivity index (χ1v) is 4.69. The predicted molar refractivity (Wildman–Crippen MR) is 48.5 cm³/mol. The van der Waals surface area contributed by atoms with Crippen molar-refractivity contribution in [3.8, 4) is 0 Å². The summed E-state index contributed by atoms with van der Waals surface area (Å²) in [5, 5.41) is 0. The van der Waals surface area contributed by atoms with Crippen molar-refractivity contribution in [2.75, 3.05) is 0 Å². The molecule has 0 aliphatic carbocycles. The van der Waals surface area contributed by atoms with Crippen molar-refractivity contribution in [2.24, 2.45) is 0 Å². The van der Waals surface area contributed by atoms with E-state index < -0.39 is 11.2 Å². The Morgan fingerprint density at radius 2 is 1.31 bits per heavy atom. The third-order valence-corrected chi connectivity index (χ3v) is 2.97. The molecule has 0 saturated carbocycles. The molecule has 0 N–H and O–H groups in total. The van der Waals surface area contributed by atoms with Gasteiger partial charge >= 0.3 is 0 Å². The first-order valence-electron chi connectivity index (χ1n) is 4.69. The molecule has 2 unspecified atom stereocenters. The van der Waals surface area contributed by atoms with Crippen LogP contribution in [0, 0.1) is 0 Å². The minimum absolute atomic E-state index is 0.376. The lowest BCUT2D eigenvalue weighted by Gasteiger charge is -2.25. The molecule has 0 bridgehead atoms. The number of rotatable bonds is 2. The number of carbonyl (C=O) groups excluding carboxylic acids is 2. The maximum atomic E-state index is 11.6. The number of ketones is 2. The molecule has 74 valence electrons. The number of Topliss-reactive ketones (excluding diaryl/α,β-unsaturated/α-hetero) is 2. The van der Waals surface area contributed by atoms with Crippen molar-refractivity contribution in [2.45, 2.75) is 51.7 Å². The maximum Gasteiger partial charge on any atom is 0.232 e. The van der Waals surface area contributed by atoms with Crippen LogP contribution in [0.1, 0.15) is 40.5 Å². The fraction of sp³-hybridized carbons (Fsp3) is 0.800. The van der Waals surface area contributed by atoms with Crippen molar-refractivity contribution in [3.05, 3.63) is 0 Å². The Kier molecular flexibility index (Phi) is 2.32. The lowest BCUT2D eigenvalue weighted by atomic mass is 9.92. The van der Waals surface area contributed by atoms with Crippen LogP contribution in [0.2, 0.25) is 0 Å². The van der Waals surface area contributed by atoms with Crippen molar-refractivity contribution in [1.29, 1.82) is 0 Å². The number of carbonyl (C=O) groups is 2. The second-order valence-corrected chi connectivity index (χ2v) is 3.93. The van der Waals surface area contributed by atoms with E-state index >= 15 is 0 Å². The lowest BCUT2D eigenvalue weighted by Crippen LogP contribution is -2.33. The van der Waals surface area contributed by atoms with Gasteiger partial charge in [-0.3, -0.25) is 9.59 Å². The van der Waals surface area contributed by atoms with E-state index in [1.165, 1.54) is 0 Å². The fourth-order valence-electron chi connectivity index (χ4n) is 1.54. The van der Waals surface area contributed by atoms with E-state index in [0.717, 1.165) is 0 Å². The second-order valence-electron chi connectivity index (χ2n) is 3.93. The van der Waals surface area contributed by atoms with Gasteiger partial charge < -0.3 is 4.74 Å². The Morgan fingerprint density at radius 3 is 1.46 bits per heavy atom. The zero-order valence-corrected chi connectivity index (χ0v) is 8.64. The fourth-order valence-corrected chi connectivity index (χ4v) is 1.54. The van der Waals surface area contributed by atoms with E-state index in [0.29, 0.717) is 12.8 Å². The van der Waals surface area contributed by atoms with E-state index in [-0.39, 0.29) is 11.6 Å². The summed E-state index contributed by atoms with van der Waals surface area (Å²) in [6.07, 6.45) is 1.10. The molecule has 1 aliphatic rings. The SMILES string of the molecule is CCC1(C)OC(C)(CC)C(=O)C1=O. The summed E-state index contributed by atoms with van der Waals surface area (Å²) >= 11 is 0. The molecule has 13 heavy (non-hydrogen) atoms. The molecule has 0 aromatic carbocycles. The van der Waals surface area contributed by atoms with Crippen LogP contribution in [0.5, 0.6) is 0 Å². The highest BCUT2D eigenvalue weighted by atomic mass is 16.5. The van der Waals surface area contributed by atoms with Crippen molar-refractivity contribution >= 4 is 11.6 Å². The molecular formula is C10H16O3. The Labute approximate surface area is 78.5 Å². The van der Waals surface area contributed by atoms with Gasteiger partial charge in [-0.1, -0.05) is 13.8 Å². The quantitative estimate of drug-likeness (QED) is 0.611. The highest BCUT2D eigenvalue weighted by Gasteiger charge is 2.55. The Hall–Kier alpha value is -0.700. The van der Waals surface area contributed by atoms with Crippen LogP contribution in [-0.2, 0) is 14.3 Å². The van der Waals surface area contributed by atoms with Gasteiger partial charge in [0.05, 0.1) is 0 Å². The van der Waals surface area contributed by atoms with E-state index in [4.69, 9.17) is 4.74 Å². The van der Waals surface area contributed by atoms with Gasteiger partial charge in [0.1, 0.15) is 11.2 Å². The van der Waals surface area contributed by atoms with E-state index in [1.807, 2.05) is 13.8 Å². The number of ether oxygens (including phenoxy) is 1. The summed E-state index contributed by atoms with van der Waals surface area (Å²) in [4.78, 5) is 23.1. The van der Waals surface area contributed by atoms with Gasteiger partial charge in [-0.05, 0) is 26.7 Å². The van der Waals surface area contributed by atoms with Gasteiger partial charge in [0.15, 0.2) is 0 Å². The van der Waals surface area contributed by atoms with Gasteiger partial charge in [-0.15, -0.1) is 0 Å². The second kappa shape index (κ2) is 2.91. The molecule has 1 rings (SSSR count). The zero-order valence-electron chi connectivity index (χ0n) is 8.64. The molecule has 1 fully saturated rings. The molecule has 1 aliphatic heterocycles. The highest BCUT2D eigenvalue weighted by molar-refractivity contribution is 6.44. The average molecular weight is 184 g/mol. The van der Waals surface area contributed by atoms with E-state index in [9.17, 15) is 9.59 Å². The van der Waals surface area contributed by atoms with Gasteiger partial charge in [0.25, 0.3) is 0 Å². The van der Waals surface area contributed by atoms with Crippen LogP contribution in [0.3, 0.4) is 0 Å². The third kappa shape index (κ3) is 1.31. The number of hydrogen-bond donors (Lipinski definition) is 0. The summed E-state index contributed by atoms with van der Waals surface area (Å²) < 4.78 is 5.56. The molecule has 0 radical (unpaired) electrons. The topological polar surface area (TPSA) is 43.4 Å². The van der Waals surface area contributed by atoms with Gasteiger partial charge in [-0.25, -0.2) is 0 Å². The van der Waals surface area contributed by atoms with E-state index in [2.05, 4.69) is 0 Å². The minimum atomic E-state index is -0.887. The predicted octanol–water partition coefficient (Wildman–Crippen LogP) is 1.49. The summed E-state index contributed by atoms with van der Waals surface area (Å²) in [6, 6.07) is 0.